The van der Waals surface area contributed by atoms with Crippen LogP contribution in [-0.4, -0.2) is 12.6 Å². The van der Waals surface area contributed by atoms with Gasteiger partial charge in [-0.2, -0.15) is 0 Å². The fourth-order valence-corrected chi connectivity index (χ4v) is 2.67. The molecule has 0 aliphatic heterocycles. The molecule has 0 radical (unpaired) electrons. The maximum absolute atomic E-state index is 6.03. The zero-order valence-electron chi connectivity index (χ0n) is 11.4. The van der Waals surface area contributed by atoms with Gasteiger partial charge < -0.3 is 10.5 Å². The highest BCUT2D eigenvalue weighted by Crippen LogP contribution is 2.25. The van der Waals surface area contributed by atoms with Crippen molar-refractivity contribution in [2.45, 2.75) is 57.5 Å². The summed E-state index contributed by atoms with van der Waals surface area (Å²) in [6.45, 7) is 2.98. The Bertz CT molecular complexity index is 341. The average molecular weight is 247 g/mol. The van der Waals surface area contributed by atoms with Gasteiger partial charge in [0, 0.05) is 0 Å². The Labute approximate surface area is 111 Å². The third kappa shape index (κ3) is 3.74. The highest BCUT2D eigenvalue weighted by molar-refractivity contribution is 5.29. The summed E-state index contributed by atoms with van der Waals surface area (Å²) in [5, 5.41) is 0. The Morgan fingerprint density at radius 1 is 1.17 bits per heavy atom. The number of ether oxygens (including phenoxy) is 1. The fourth-order valence-electron chi connectivity index (χ4n) is 2.67. The first-order valence-electron chi connectivity index (χ1n) is 7.26. The van der Waals surface area contributed by atoms with Crippen molar-refractivity contribution < 1.29 is 4.74 Å². The predicted octanol–water partition coefficient (Wildman–Crippen LogP) is 3.85. The highest BCUT2D eigenvalue weighted by atomic mass is 16.5. The van der Waals surface area contributed by atoms with Crippen molar-refractivity contribution in [1.29, 1.82) is 0 Å². The summed E-state index contributed by atoms with van der Waals surface area (Å²) in [7, 11) is 0. The minimum Gasteiger partial charge on any atom is -0.490 e. The molecule has 2 rings (SSSR count). The Kier molecular flexibility index (Phi) is 5.06. The van der Waals surface area contributed by atoms with Crippen molar-refractivity contribution in [3.05, 3.63) is 29.8 Å². The molecule has 18 heavy (non-hydrogen) atoms. The van der Waals surface area contributed by atoms with Gasteiger partial charge in [-0.05, 0) is 62.3 Å². The molecule has 1 unspecified atom stereocenters. The van der Waals surface area contributed by atoms with Gasteiger partial charge in [0.15, 0.2) is 0 Å². The molecule has 1 fully saturated rings. The van der Waals surface area contributed by atoms with Gasteiger partial charge in [0.05, 0.1) is 6.10 Å². The van der Waals surface area contributed by atoms with E-state index >= 15 is 0 Å². The van der Waals surface area contributed by atoms with E-state index in [9.17, 15) is 0 Å². The molecule has 1 atom stereocenters. The Hall–Kier alpha value is -1.02. The van der Waals surface area contributed by atoms with Crippen molar-refractivity contribution >= 4 is 0 Å². The van der Waals surface area contributed by atoms with Crippen LogP contribution < -0.4 is 10.5 Å². The molecule has 0 saturated heterocycles. The third-order valence-corrected chi connectivity index (χ3v) is 3.90. The lowest BCUT2D eigenvalue weighted by Crippen LogP contribution is -2.19. The monoisotopic (exact) mass is 247 g/mol. The minimum absolute atomic E-state index is 0.436. The molecule has 2 N–H and O–H groups in total. The van der Waals surface area contributed by atoms with Gasteiger partial charge in [0.25, 0.3) is 0 Å². The van der Waals surface area contributed by atoms with Crippen LogP contribution in [0.1, 0.15) is 56.9 Å². The van der Waals surface area contributed by atoms with E-state index in [1.807, 2.05) is 0 Å². The van der Waals surface area contributed by atoms with Crippen molar-refractivity contribution in [2.24, 2.45) is 5.73 Å². The first-order valence-corrected chi connectivity index (χ1v) is 7.26. The van der Waals surface area contributed by atoms with Crippen LogP contribution in [0.15, 0.2) is 24.3 Å². The summed E-state index contributed by atoms with van der Waals surface area (Å²) in [5.41, 5.74) is 6.95. The fraction of sp³-hybridized carbons (Fsp3) is 0.625. The Balaban J connectivity index is 1.90. The first-order chi connectivity index (χ1) is 8.79. The highest BCUT2D eigenvalue weighted by Gasteiger charge is 2.14. The third-order valence-electron chi connectivity index (χ3n) is 3.90. The molecule has 0 bridgehead atoms. The number of hydrogen-bond acceptors (Lipinski definition) is 2. The lowest BCUT2D eigenvalue weighted by Gasteiger charge is -2.23. The maximum atomic E-state index is 6.03. The van der Waals surface area contributed by atoms with Crippen LogP contribution in [0.4, 0.5) is 0 Å². The lowest BCUT2D eigenvalue weighted by atomic mass is 9.97. The van der Waals surface area contributed by atoms with E-state index in [4.69, 9.17) is 10.5 Å². The van der Waals surface area contributed by atoms with E-state index in [1.165, 1.54) is 37.7 Å². The lowest BCUT2D eigenvalue weighted by molar-refractivity contribution is 0.155. The van der Waals surface area contributed by atoms with E-state index in [2.05, 4.69) is 31.2 Å². The van der Waals surface area contributed by atoms with Crippen molar-refractivity contribution in [1.82, 2.24) is 0 Å². The molecule has 100 valence electrons. The topological polar surface area (TPSA) is 35.2 Å². The normalized spacial score (nSPS) is 18.6. The van der Waals surface area contributed by atoms with Crippen LogP contribution in [0.2, 0.25) is 0 Å². The summed E-state index contributed by atoms with van der Waals surface area (Å²) in [6, 6.07) is 8.57. The largest absolute Gasteiger partial charge is 0.490 e. The van der Waals surface area contributed by atoms with Gasteiger partial charge in [-0.25, -0.2) is 0 Å². The van der Waals surface area contributed by atoms with E-state index < -0.39 is 0 Å². The summed E-state index contributed by atoms with van der Waals surface area (Å²) in [5.74, 6) is 1.56. The molecule has 1 aliphatic rings. The van der Waals surface area contributed by atoms with Gasteiger partial charge in [0.2, 0.25) is 0 Å². The van der Waals surface area contributed by atoms with Gasteiger partial charge in [-0.1, -0.05) is 25.5 Å². The van der Waals surface area contributed by atoms with E-state index in [1.54, 1.807) is 0 Å². The number of rotatable bonds is 5. The van der Waals surface area contributed by atoms with Crippen LogP contribution >= 0.6 is 0 Å². The van der Waals surface area contributed by atoms with Crippen LogP contribution in [0, 0.1) is 0 Å². The summed E-state index contributed by atoms with van der Waals surface area (Å²) in [6.07, 6.45) is 7.91. The molecule has 1 aliphatic carbocycles. The SMILES string of the molecule is CC(CCN)c1ccc(OC2CCCCC2)cc1. The van der Waals surface area contributed by atoms with Crippen LogP contribution in [0.5, 0.6) is 5.75 Å². The molecule has 2 nitrogen and oxygen atoms in total. The van der Waals surface area contributed by atoms with Gasteiger partial charge in [-0.15, -0.1) is 0 Å². The van der Waals surface area contributed by atoms with Gasteiger partial charge in [0.1, 0.15) is 5.75 Å². The zero-order chi connectivity index (χ0) is 12.8. The number of nitrogens with two attached hydrogens (primary N) is 1. The second-order valence-corrected chi connectivity index (χ2v) is 5.43. The molecule has 0 amide bonds. The second-order valence-electron chi connectivity index (χ2n) is 5.43. The molecule has 1 aromatic carbocycles. The van der Waals surface area contributed by atoms with Crippen molar-refractivity contribution in [3.8, 4) is 5.75 Å². The van der Waals surface area contributed by atoms with E-state index in [0.717, 1.165) is 18.7 Å². The molecule has 0 spiro atoms. The average Bonchev–Trinajstić information content (AvgIpc) is 2.41. The molecular weight excluding hydrogens is 222 g/mol. The molecule has 1 saturated carbocycles. The van der Waals surface area contributed by atoms with Gasteiger partial charge >= 0.3 is 0 Å². The summed E-state index contributed by atoms with van der Waals surface area (Å²) >= 11 is 0. The Morgan fingerprint density at radius 2 is 1.83 bits per heavy atom. The van der Waals surface area contributed by atoms with Crippen molar-refractivity contribution in [3.63, 3.8) is 0 Å². The number of hydrogen-bond donors (Lipinski definition) is 1. The molecular formula is C16H25NO. The van der Waals surface area contributed by atoms with E-state index in [-0.39, 0.29) is 0 Å². The maximum Gasteiger partial charge on any atom is 0.119 e. The van der Waals surface area contributed by atoms with E-state index in [0.29, 0.717) is 12.0 Å². The standard InChI is InChI=1S/C16H25NO/c1-13(11-12-17)14-7-9-16(10-8-14)18-15-5-3-2-4-6-15/h7-10,13,15H,2-6,11-12,17H2,1H3. The molecule has 0 aromatic heterocycles. The van der Waals surface area contributed by atoms with Crippen molar-refractivity contribution in [2.75, 3.05) is 6.54 Å². The number of benzene rings is 1. The Morgan fingerprint density at radius 3 is 2.44 bits per heavy atom. The smallest absolute Gasteiger partial charge is 0.119 e. The molecule has 0 heterocycles. The van der Waals surface area contributed by atoms with Crippen LogP contribution in [0.3, 0.4) is 0 Å². The summed E-state index contributed by atoms with van der Waals surface area (Å²) in [4.78, 5) is 0. The molecule has 1 aromatic rings. The minimum atomic E-state index is 0.436. The van der Waals surface area contributed by atoms with Gasteiger partial charge in [-0.3, -0.25) is 0 Å². The zero-order valence-corrected chi connectivity index (χ0v) is 11.4. The van der Waals surface area contributed by atoms with Crippen LogP contribution in [-0.2, 0) is 0 Å². The quantitative estimate of drug-likeness (QED) is 0.857. The molecule has 2 heteroatoms. The summed E-state index contributed by atoms with van der Waals surface area (Å²) < 4.78 is 6.03. The van der Waals surface area contributed by atoms with Crippen LogP contribution in [0.25, 0.3) is 0 Å². The predicted molar refractivity (Wildman–Crippen MR) is 76.0 cm³/mol. The second kappa shape index (κ2) is 6.79. The first kappa shape index (κ1) is 13.4.